The van der Waals surface area contributed by atoms with Crippen molar-refractivity contribution in [3.63, 3.8) is 0 Å². The van der Waals surface area contributed by atoms with Gasteiger partial charge in [0.1, 0.15) is 0 Å². The number of hydrogen-bond acceptors (Lipinski definition) is 6. The Labute approximate surface area is 390 Å². The molecule has 0 spiro atoms. The second kappa shape index (κ2) is 51.0. The summed E-state index contributed by atoms with van der Waals surface area (Å²) < 4.78 is 18.5. The predicted octanol–water partition coefficient (Wildman–Crippen LogP) is 19.7. The Balaban J connectivity index is 4.43. The van der Waals surface area contributed by atoms with Crippen LogP contribution in [0.25, 0.3) is 0 Å². The molecule has 0 saturated heterocycles. The van der Waals surface area contributed by atoms with E-state index < -0.39 is 15.3 Å². The van der Waals surface area contributed by atoms with E-state index in [0.29, 0.717) is 19.8 Å². The van der Waals surface area contributed by atoms with E-state index in [-0.39, 0.29) is 0 Å². The molecule has 8 heteroatoms. The zero-order valence-corrected chi connectivity index (χ0v) is 44.6. The summed E-state index contributed by atoms with van der Waals surface area (Å²) in [5.74, 6) is 0. The molecule has 0 fully saturated rings. The van der Waals surface area contributed by atoms with E-state index in [1.54, 1.807) is 0 Å². The number of hydrogen-bond donors (Lipinski definition) is 3. The molecule has 0 heterocycles. The van der Waals surface area contributed by atoms with E-state index in [2.05, 4.69) is 20.8 Å². The van der Waals surface area contributed by atoms with Crippen molar-refractivity contribution in [1.82, 2.24) is 0 Å². The van der Waals surface area contributed by atoms with Crippen molar-refractivity contribution in [3.8, 4) is 0 Å². The zero-order chi connectivity index (χ0) is 45.2. The monoisotopic (exact) mass is 923 g/mol. The first-order valence-corrected chi connectivity index (χ1v) is 33.1. The minimum atomic E-state index is -4.80. The van der Waals surface area contributed by atoms with Crippen molar-refractivity contribution in [2.24, 2.45) is 0 Å². The Morgan fingerprint density at radius 1 is 0.210 bits per heavy atom. The van der Waals surface area contributed by atoms with Crippen molar-refractivity contribution in [2.75, 3.05) is 19.8 Å². The van der Waals surface area contributed by atoms with Crippen molar-refractivity contribution in [2.45, 2.75) is 329 Å². The molecule has 6 nitrogen and oxygen atoms in total. The Kier molecular flexibility index (Phi) is 51.5. The van der Waals surface area contributed by atoms with Crippen molar-refractivity contribution in [1.29, 1.82) is 0 Å². The van der Waals surface area contributed by atoms with Gasteiger partial charge in [0.15, 0.2) is 0 Å². The second-order valence-electron chi connectivity index (χ2n) is 19.6. The molecule has 0 unspecified atom stereocenters. The first kappa shape index (κ1) is 62.6. The van der Waals surface area contributed by atoms with Crippen LogP contribution in [0.3, 0.4) is 0 Å². The molecule has 0 radical (unpaired) electrons. The van der Waals surface area contributed by atoms with Gasteiger partial charge in [-0.25, -0.2) is 0 Å². The van der Waals surface area contributed by atoms with Crippen LogP contribution < -0.4 is 0 Å². The van der Waals surface area contributed by atoms with Crippen LogP contribution in [0.5, 0.6) is 0 Å². The van der Waals surface area contributed by atoms with Gasteiger partial charge in [0, 0.05) is 0 Å². The summed E-state index contributed by atoms with van der Waals surface area (Å²) >= 11 is 0. The van der Waals surface area contributed by atoms with E-state index in [0.717, 1.165) is 57.8 Å². The Morgan fingerprint density at radius 2 is 0.339 bits per heavy atom. The quantitative estimate of drug-likeness (QED) is 0.0416. The fraction of sp³-hybridized carbons (Fsp3) is 1.00. The molecule has 0 saturated carbocycles. The van der Waals surface area contributed by atoms with Crippen molar-refractivity contribution < 1.29 is 28.3 Å². The predicted molar refractivity (Wildman–Crippen MR) is 280 cm³/mol. The van der Waals surface area contributed by atoms with Gasteiger partial charge in [-0.05, 0) is 0 Å². The summed E-state index contributed by atoms with van der Waals surface area (Å²) in [6, 6.07) is 0. The third-order valence-electron chi connectivity index (χ3n) is 13.3. The normalized spacial score (nSPS) is 12.8. The maximum atomic E-state index is 10.8. The first-order chi connectivity index (χ1) is 30.4. The summed E-state index contributed by atoms with van der Waals surface area (Å²) in [5.41, 5.74) is 0. The van der Waals surface area contributed by atoms with E-state index in [4.69, 9.17) is 13.6 Å². The molecule has 0 amide bonds. The molecular formula is C54H116O6P2. The van der Waals surface area contributed by atoms with Crippen LogP contribution >= 0.6 is 15.3 Å². The molecule has 0 aliphatic carbocycles. The van der Waals surface area contributed by atoms with Gasteiger partial charge in [-0.3, -0.25) is 0 Å². The topological polar surface area (TPSA) is 88.4 Å². The molecule has 0 aromatic carbocycles. The molecule has 378 valence electrons. The van der Waals surface area contributed by atoms with E-state index in [9.17, 15) is 14.7 Å². The Bertz CT molecular complexity index is 734. The molecule has 0 aliphatic heterocycles. The average molecular weight is 923 g/mol. The fourth-order valence-corrected chi connectivity index (χ4v) is 13.7. The minimum absolute atomic E-state index is 0.346. The molecule has 0 rings (SSSR count). The van der Waals surface area contributed by atoms with Crippen LogP contribution in [0.4, 0.5) is 0 Å². The Morgan fingerprint density at radius 3 is 0.468 bits per heavy atom. The molecule has 62 heavy (non-hydrogen) atoms. The van der Waals surface area contributed by atoms with Crippen LogP contribution in [0.15, 0.2) is 0 Å². The van der Waals surface area contributed by atoms with Gasteiger partial charge in [0.25, 0.3) is 0 Å². The van der Waals surface area contributed by atoms with Crippen LogP contribution in [0.2, 0.25) is 0 Å². The Hall–Kier alpha value is 0.620. The van der Waals surface area contributed by atoms with Gasteiger partial charge >= 0.3 is 256 Å². The SMILES string of the molecule is CCCCCCCCCCCCCCCCCCO[PH](OCCCCCCCCCCCCCCCCCC)(OCCCCCCCCCCCCCCCCCC)[PH](O)(O)O. The third-order valence-corrected chi connectivity index (χ3v) is 19.6. The zero-order valence-electron chi connectivity index (χ0n) is 42.6. The molecule has 3 N–H and O–H groups in total. The fourth-order valence-electron chi connectivity index (χ4n) is 8.99. The summed E-state index contributed by atoms with van der Waals surface area (Å²) in [6.45, 7) is 7.90. The van der Waals surface area contributed by atoms with Gasteiger partial charge in [-0.1, -0.05) is 136 Å². The van der Waals surface area contributed by atoms with Crippen molar-refractivity contribution in [3.05, 3.63) is 0 Å². The molecule has 0 aromatic rings. The van der Waals surface area contributed by atoms with Gasteiger partial charge < -0.3 is 0 Å². The van der Waals surface area contributed by atoms with Crippen LogP contribution in [-0.2, 0) is 13.6 Å². The first-order valence-electron chi connectivity index (χ1n) is 28.5. The van der Waals surface area contributed by atoms with E-state index in [1.165, 1.54) is 250 Å². The second-order valence-corrected chi connectivity index (χ2v) is 26.7. The van der Waals surface area contributed by atoms with Gasteiger partial charge in [0.05, 0.1) is 0 Å². The maximum absolute atomic E-state index is 10.8. The summed E-state index contributed by atoms with van der Waals surface area (Å²) in [4.78, 5) is 32.3. The number of unbranched alkanes of at least 4 members (excludes halogenated alkanes) is 45. The summed E-state index contributed by atoms with van der Waals surface area (Å²) in [6.07, 6.45) is 62.5. The van der Waals surface area contributed by atoms with E-state index >= 15 is 0 Å². The van der Waals surface area contributed by atoms with E-state index in [1.807, 2.05) is 0 Å². The molecule has 0 atom stereocenters. The molecular weight excluding hydrogens is 807 g/mol. The standard InChI is InChI=1S/C54H116O6P2/c1-4-7-10-13-16-19-22-25-28-31-34-37-40-43-46-49-52-58-62(61(55,56)57,59-53-50-47-44-41-38-35-32-29-26-23-20-17-14-11-8-5-2)60-54-51-48-45-42-39-36-33-30-27-24-21-18-15-12-9-6-3/h55-57,61-62H,4-54H2,1-3H3. The van der Waals surface area contributed by atoms with Crippen molar-refractivity contribution >= 4 is 15.3 Å². The third kappa shape index (κ3) is 44.5. The van der Waals surface area contributed by atoms with Gasteiger partial charge in [-0.2, -0.15) is 0 Å². The van der Waals surface area contributed by atoms with Gasteiger partial charge in [0.2, 0.25) is 0 Å². The van der Waals surface area contributed by atoms with Crippen LogP contribution in [0.1, 0.15) is 329 Å². The number of rotatable bonds is 55. The van der Waals surface area contributed by atoms with Crippen LogP contribution in [-0.4, -0.2) is 34.5 Å². The molecule has 0 bridgehead atoms. The summed E-state index contributed by atoms with van der Waals surface area (Å²) in [5, 5.41) is 0. The van der Waals surface area contributed by atoms with Gasteiger partial charge in [-0.15, -0.1) is 0 Å². The summed E-state index contributed by atoms with van der Waals surface area (Å²) in [7, 11) is -8.82. The van der Waals surface area contributed by atoms with Crippen LogP contribution in [0, 0.1) is 0 Å². The molecule has 0 aromatic heterocycles. The molecule has 0 aliphatic rings. The average Bonchev–Trinajstić information content (AvgIpc) is 3.26.